The van der Waals surface area contributed by atoms with Crippen LogP contribution in [0.1, 0.15) is 21.7 Å². The van der Waals surface area contributed by atoms with E-state index >= 15 is 0 Å². The van der Waals surface area contributed by atoms with Crippen LogP contribution in [-0.4, -0.2) is 5.91 Å². The molecular weight excluding hydrogens is 367 g/mol. The van der Waals surface area contributed by atoms with Crippen molar-refractivity contribution in [1.29, 1.82) is 0 Å². The Morgan fingerprint density at radius 2 is 1.77 bits per heavy atom. The Morgan fingerprint density at radius 3 is 2.46 bits per heavy atom. The molecule has 1 heterocycles. The van der Waals surface area contributed by atoms with E-state index in [1.54, 1.807) is 0 Å². The van der Waals surface area contributed by atoms with Crippen LogP contribution < -0.4 is 5.32 Å². The minimum Gasteiger partial charge on any atom is -0.451 e. The fourth-order valence-electron chi connectivity index (χ4n) is 2.36. The maximum atomic E-state index is 12.9. The first-order chi connectivity index (χ1) is 12.3. The van der Waals surface area contributed by atoms with Gasteiger partial charge in [0.25, 0.3) is 5.91 Å². The van der Waals surface area contributed by atoms with Gasteiger partial charge in [0.1, 0.15) is 5.76 Å². The number of halogens is 4. The number of nitrogens with one attached hydrogen (secondary N) is 1. The van der Waals surface area contributed by atoms with E-state index < -0.39 is 17.6 Å². The molecule has 3 aromatic rings. The van der Waals surface area contributed by atoms with Gasteiger partial charge in [-0.1, -0.05) is 41.9 Å². The van der Waals surface area contributed by atoms with Crippen molar-refractivity contribution in [3.05, 3.63) is 82.6 Å². The molecule has 1 aromatic heterocycles. The largest absolute Gasteiger partial charge is 0.451 e. The van der Waals surface area contributed by atoms with Crippen LogP contribution in [0.4, 0.5) is 13.2 Å². The van der Waals surface area contributed by atoms with Gasteiger partial charge in [0, 0.05) is 12.1 Å². The second-order valence-corrected chi connectivity index (χ2v) is 5.93. The van der Waals surface area contributed by atoms with Gasteiger partial charge in [-0.15, -0.1) is 0 Å². The first kappa shape index (κ1) is 18.1. The number of hydrogen-bond acceptors (Lipinski definition) is 2. The van der Waals surface area contributed by atoms with Crippen molar-refractivity contribution in [2.75, 3.05) is 0 Å². The molecule has 0 unspecified atom stereocenters. The van der Waals surface area contributed by atoms with Gasteiger partial charge >= 0.3 is 6.18 Å². The number of amides is 1. The molecule has 3 nitrogen and oxygen atoms in total. The zero-order chi connectivity index (χ0) is 18.7. The third-order valence-electron chi connectivity index (χ3n) is 3.68. The Hall–Kier alpha value is -2.73. The summed E-state index contributed by atoms with van der Waals surface area (Å²) in [6, 6.07) is 15.0. The number of carbonyl (C=O) groups excluding carboxylic acids is 1. The van der Waals surface area contributed by atoms with Crippen LogP contribution in [0.15, 0.2) is 65.1 Å². The van der Waals surface area contributed by atoms with E-state index in [0.29, 0.717) is 6.54 Å². The molecule has 26 heavy (non-hydrogen) atoms. The number of benzene rings is 2. The lowest BCUT2D eigenvalue weighted by molar-refractivity contribution is -0.137. The highest BCUT2D eigenvalue weighted by atomic mass is 35.5. The van der Waals surface area contributed by atoms with E-state index in [4.69, 9.17) is 16.0 Å². The van der Waals surface area contributed by atoms with Crippen LogP contribution in [0.5, 0.6) is 0 Å². The predicted molar refractivity (Wildman–Crippen MR) is 91.8 cm³/mol. The molecule has 134 valence electrons. The summed E-state index contributed by atoms with van der Waals surface area (Å²) in [5.74, 6) is -0.390. The zero-order valence-corrected chi connectivity index (χ0v) is 14.1. The third-order valence-corrected chi connectivity index (χ3v) is 4.01. The van der Waals surface area contributed by atoms with Crippen LogP contribution in [0.25, 0.3) is 11.3 Å². The molecule has 0 atom stereocenters. The molecule has 1 N–H and O–H groups in total. The second kappa shape index (κ2) is 7.25. The average Bonchev–Trinajstić information content (AvgIpc) is 3.10. The summed E-state index contributed by atoms with van der Waals surface area (Å²) in [6.45, 7) is 0.306. The van der Waals surface area contributed by atoms with Gasteiger partial charge in [-0.3, -0.25) is 4.79 Å². The van der Waals surface area contributed by atoms with Crippen LogP contribution in [-0.2, 0) is 12.7 Å². The quantitative estimate of drug-likeness (QED) is 0.645. The minimum atomic E-state index is -4.50. The molecule has 0 saturated carbocycles. The highest BCUT2D eigenvalue weighted by Crippen LogP contribution is 2.36. The van der Waals surface area contributed by atoms with E-state index in [-0.39, 0.29) is 22.1 Å². The van der Waals surface area contributed by atoms with Crippen LogP contribution in [0.2, 0.25) is 5.02 Å². The first-order valence-electron chi connectivity index (χ1n) is 7.63. The van der Waals surface area contributed by atoms with E-state index in [1.165, 1.54) is 12.1 Å². The van der Waals surface area contributed by atoms with Crippen LogP contribution in [0.3, 0.4) is 0 Å². The zero-order valence-electron chi connectivity index (χ0n) is 13.3. The van der Waals surface area contributed by atoms with Crippen molar-refractivity contribution in [3.8, 4) is 11.3 Å². The highest BCUT2D eigenvalue weighted by Gasteiger charge is 2.31. The summed E-state index contributed by atoms with van der Waals surface area (Å²) in [5, 5.41) is 2.79. The number of rotatable bonds is 4. The fraction of sp³-hybridized carbons (Fsp3) is 0.105. The molecule has 0 spiro atoms. The molecule has 0 fully saturated rings. The fourth-order valence-corrected chi connectivity index (χ4v) is 2.57. The monoisotopic (exact) mass is 379 g/mol. The molecule has 0 aliphatic carbocycles. The molecule has 1 amide bonds. The Bertz CT molecular complexity index is 920. The summed E-state index contributed by atoms with van der Waals surface area (Å²) < 4.78 is 44.0. The topological polar surface area (TPSA) is 42.2 Å². The van der Waals surface area contributed by atoms with Crippen molar-refractivity contribution in [2.45, 2.75) is 12.7 Å². The van der Waals surface area contributed by atoms with Crippen molar-refractivity contribution < 1.29 is 22.4 Å². The Morgan fingerprint density at radius 1 is 1.04 bits per heavy atom. The van der Waals surface area contributed by atoms with Crippen molar-refractivity contribution in [3.63, 3.8) is 0 Å². The normalized spacial score (nSPS) is 11.4. The Labute approximate surface area is 152 Å². The summed E-state index contributed by atoms with van der Waals surface area (Å²) in [4.78, 5) is 12.2. The SMILES string of the molecule is O=C(NCc1ccccc1)c1ccc(-c2cc(C(F)(F)F)ccc2Cl)o1. The molecule has 3 rings (SSSR count). The minimum absolute atomic E-state index is 0.00981. The number of hydrogen-bond donors (Lipinski definition) is 1. The molecule has 7 heteroatoms. The van der Waals surface area contributed by atoms with E-state index in [1.807, 2.05) is 30.3 Å². The molecule has 0 bridgehead atoms. The van der Waals surface area contributed by atoms with Gasteiger partial charge in [0.15, 0.2) is 5.76 Å². The molecular formula is C19H13ClF3NO2. The lowest BCUT2D eigenvalue weighted by atomic mass is 10.1. The smallest absolute Gasteiger partial charge is 0.416 e. The molecule has 0 aliphatic rings. The van der Waals surface area contributed by atoms with Gasteiger partial charge in [-0.05, 0) is 35.9 Å². The summed E-state index contributed by atoms with van der Waals surface area (Å²) in [7, 11) is 0. The first-order valence-corrected chi connectivity index (χ1v) is 8.01. The highest BCUT2D eigenvalue weighted by molar-refractivity contribution is 6.33. The van der Waals surface area contributed by atoms with Crippen LogP contribution >= 0.6 is 11.6 Å². The summed E-state index contributed by atoms with van der Waals surface area (Å²) in [5.41, 5.74) is 0.139. The van der Waals surface area contributed by atoms with Gasteiger partial charge in [0.2, 0.25) is 0 Å². The number of alkyl halides is 3. The summed E-state index contributed by atoms with van der Waals surface area (Å²) >= 11 is 5.98. The van der Waals surface area contributed by atoms with Gasteiger partial charge in [-0.25, -0.2) is 0 Å². The lowest BCUT2D eigenvalue weighted by Gasteiger charge is -2.09. The Kier molecular flexibility index (Phi) is 5.04. The van der Waals surface area contributed by atoms with Gasteiger partial charge < -0.3 is 9.73 Å². The lowest BCUT2D eigenvalue weighted by Crippen LogP contribution is -2.22. The van der Waals surface area contributed by atoms with Gasteiger partial charge in [0.05, 0.1) is 10.6 Å². The van der Waals surface area contributed by atoms with Crippen molar-refractivity contribution in [1.82, 2.24) is 5.32 Å². The predicted octanol–water partition coefficient (Wildman–Crippen LogP) is 5.55. The molecule has 0 saturated heterocycles. The number of furan rings is 1. The maximum Gasteiger partial charge on any atom is 0.416 e. The Balaban J connectivity index is 1.78. The van der Waals surface area contributed by atoms with Gasteiger partial charge in [-0.2, -0.15) is 13.2 Å². The number of carbonyl (C=O) groups is 1. The standard InChI is InChI=1S/C19H13ClF3NO2/c20-15-7-6-13(19(21,22)23)10-14(15)16-8-9-17(26-16)18(25)24-11-12-4-2-1-3-5-12/h1-10H,11H2,(H,24,25). The third kappa shape index (κ3) is 4.08. The molecule has 0 radical (unpaired) electrons. The molecule has 2 aromatic carbocycles. The van der Waals surface area contributed by atoms with Crippen molar-refractivity contribution in [2.24, 2.45) is 0 Å². The molecule has 0 aliphatic heterocycles. The van der Waals surface area contributed by atoms with E-state index in [9.17, 15) is 18.0 Å². The van der Waals surface area contributed by atoms with Crippen LogP contribution in [0, 0.1) is 0 Å². The maximum absolute atomic E-state index is 12.9. The van der Waals surface area contributed by atoms with E-state index in [0.717, 1.165) is 23.8 Å². The van der Waals surface area contributed by atoms with E-state index in [2.05, 4.69) is 5.32 Å². The average molecular weight is 380 g/mol. The second-order valence-electron chi connectivity index (χ2n) is 5.52. The van der Waals surface area contributed by atoms with Crippen molar-refractivity contribution >= 4 is 17.5 Å². The summed E-state index contributed by atoms with van der Waals surface area (Å²) in [6.07, 6.45) is -4.50.